The maximum atomic E-state index is 2.42. The Balaban J connectivity index is 0.911. The molecule has 2 heterocycles. The van der Waals surface area contributed by atoms with Gasteiger partial charge in [-0.25, -0.2) is 0 Å². The first-order valence-electron chi connectivity index (χ1n) is 20.1. The fourth-order valence-electron chi connectivity index (χ4n) is 9.03. The fourth-order valence-corrected chi connectivity index (χ4v) is 10.3. The van der Waals surface area contributed by atoms with Crippen molar-refractivity contribution in [3.05, 3.63) is 218 Å². The highest BCUT2D eigenvalue weighted by atomic mass is 32.1. The number of fused-ring (bicyclic) bond motifs is 6. The second-order valence-electron chi connectivity index (χ2n) is 15.4. The zero-order valence-corrected chi connectivity index (χ0v) is 33.0. The molecule has 0 aliphatic heterocycles. The molecule has 0 radical (unpaired) electrons. The van der Waals surface area contributed by atoms with Crippen LogP contribution in [-0.4, -0.2) is 4.57 Å². The summed E-state index contributed by atoms with van der Waals surface area (Å²) in [5.41, 5.74) is 14.9. The number of para-hydroxylation sites is 3. The lowest BCUT2D eigenvalue weighted by Gasteiger charge is -2.33. The molecule has 1 unspecified atom stereocenters. The number of hydrogen-bond acceptors (Lipinski definition) is 2. The summed E-state index contributed by atoms with van der Waals surface area (Å²) in [6.45, 7) is 2.35. The van der Waals surface area contributed by atoms with Gasteiger partial charge in [0.1, 0.15) is 0 Å². The predicted molar refractivity (Wildman–Crippen MR) is 249 cm³/mol. The number of hydrogen-bond donors (Lipinski definition) is 0. The van der Waals surface area contributed by atoms with Gasteiger partial charge < -0.3 is 9.47 Å². The van der Waals surface area contributed by atoms with Gasteiger partial charge in [-0.1, -0.05) is 146 Å². The van der Waals surface area contributed by atoms with Gasteiger partial charge in [0.2, 0.25) is 0 Å². The highest BCUT2D eigenvalue weighted by molar-refractivity contribution is 7.26. The molecule has 0 spiro atoms. The average Bonchev–Trinajstić information content (AvgIpc) is 3.84. The average molecular weight is 761 g/mol. The molecule has 0 saturated carbocycles. The van der Waals surface area contributed by atoms with Crippen LogP contribution in [0.1, 0.15) is 18.9 Å². The monoisotopic (exact) mass is 760 g/mol. The quantitative estimate of drug-likeness (QED) is 0.157. The summed E-state index contributed by atoms with van der Waals surface area (Å²) in [6.07, 6.45) is 5.64. The third-order valence-corrected chi connectivity index (χ3v) is 13.1. The molecule has 2 aromatic heterocycles. The predicted octanol–water partition coefficient (Wildman–Crippen LogP) is 15.6. The van der Waals surface area contributed by atoms with Gasteiger partial charge in [0.05, 0.1) is 11.0 Å². The Morgan fingerprint density at radius 2 is 1.07 bits per heavy atom. The van der Waals surface area contributed by atoms with Crippen molar-refractivity contribution in [2.24, 2.45) is 5.92 Å². The van der Waals surface area contributed by atoms with Crippen molar-refractivity contribution in [1.82, 2.24) is 4.57 Å². The molecule has 0 bridgehead atoms. The highest BCUT2D eigenvalue weighted by Crippen LogP contribution is 2.42. The van der Waals surface area contributed by atoms with Crippen molar-refractivity contribution in [3.63, 3.8) is 0 Å². The van der Waals surface area contributed by atoms with Crippen LogP contribution in [0, 0.1) is 5.92 Å². The summed E-state index contributed by atoms with van der Waals surface area (Å²) in [6, 6.07) is 70.8. The number of anilines is 2. The van der Waals surface area contributed by atoms with Crippen LogP contribution >= 0.6 is 11.3 Å². The molecule has 276 valence electrons. The summed E-state index contributed by atoms with van der Waals surface area (Å²) in [5, 5.41) is 5.22. The summed E-state index contributed by atoms with van der Waals surface area (Å²) in [5.74, 6) is 0.336. The minimum Gasteiger partial charge on any atom is -0.314 e. The lowest BCUT2D eigenvalue weighted by molar-refractivity contribution is 0.680. The molecule has 8 aromatic carbocycles. The van der Waals surface area contributed by atoms with Crippen molar-refractivity contribution in [2.45, 2.75) is 13.3 Å². The smallest absolute Gasteiger partial charge is 0.0541 e. The molecule has 58 heavy (non-hydrogen) atoms. The molecule has 0 saturated heterocycles. The Labute approximate surface area is 342 Å². The van der Waals surface area contributed by atoms with Crippen LogP contribution in [0.25, 0.3) is 75.5 Å². The van der Waals surface area contributed by atoms with E-state index in [1.807, 2.05) is 11.3 Å². The van der Waals surface area contributed by atoms with Crippen LogP contribution < -0.4 is 4.90 Å². The van der Waals surface area contributed by atoms with Crippen LogP contribution in [0.15, 0.2) is 212 Å². The van der Waals surface area contributed by atoms with Gasteiger partial charge >= 0.3 is 0 Å². The van der Waals surface area contributed by atoms with Gasteiger partial charge in [-0.05, 0) is 107 Å². The molecule has 1 atom stereocenters. The Kier molecular flexibility index (Phi) is 8.41. The first kappa shape index (κ1) is 34.3. The Bertz CT molecular complexity index is 3150. The van der Waals surface area contributed by atoms with Gasteiger partial charge in [0.25, 0.3) is 0 Å². The molecular formula is C55H40N2S. The molecule has 0 amide bonds. The van der Waals surface area contributed by atoms with E-state index in [9.17, 15) is 0 Å². The van der Waals surface area contributed by atoms with E-state index in [-0.39, 0.29) is 0 Å². The molecule has 0 N–H and O–H groups in total. The van der Waals surface area contributed by atoms with Crippen LogP contribution in [0.3, 0.4) is 0 Å². The van der Waals surface area contributed by atoms with E-state index in [1.54, 1.807) is 0 Å². The fraction of sp³-hybridized carbons (Fsp3) is 0.0545. The van der Waals surface area contributed by atoms with Crippen LogP contribution in [-0.2, 0) is 0 Å². The van der Waals surface area contributed by atoms with Gasteiger partial charge in [0, 0.05) is 59.6 Å². The number of allylic oxidation sites excluding steroid dienone is 4. The standard InChI is InChI=1S/C55H40N2S/c1-37-35-41(29-33-51(37)56(43-13-4-2-5-14-43)44-15-6-3-7-16-44)42-30-34-53-50(36-42)47-17-8-10-21-52(47)57(53)45-31-27-39(28-32-45)38-23-25-40(26-24-38)46-19-12-20-49-48-18-9-11-22-54(48)58-55(46)49/h2-34,36-37H,35H2,1H3. The third-order valence-electron chi connectivity index (χ3n) is 11.9. The van der Waals surface area contributed by atoms with Gasteiger partial charge in [-0.15, -0.1) is 11.3 Å². The zero-order chi connectivity index (χ0) is 38.6. The largest absolute Gasteiger partial charge is 0.314 e. The van der Waals surface area contributed by atoms with Crippen LogP contribution in [0.5, 0.6) is 0 Å². The molecule has 11 rings (SSSR count). The SMILES string of the molecule is CC1CC(c2ccc3c(c2)c2ccccc2n3-c2ccc(-c3ccc(-c4cccc5c4sc4ccccc45)cc3)cc2)=CC=C1N(c1ccccc1)c1ccccc1. The molecular weight excluding hydrogens is 721 g/mol. The van der Waals surface area contributed by atoms with Crippen LogP contribution in [0.4, 0.5) is 11.4 Å². The van der Waals surface area contributed by atoms with E-state index in [0.29, 0.717) is 5.92 Å². The van der Waals surface area contributed by atoms with Gasteiger partial charge in [-0.3, -0.25) is 0 Å². The normalized spacial score (nSPS) is 14.3. The molecule has 0 fully saturated rings. The summed E-state index contributed by atoms with van der Waals surface area (Å²) < 4.78 is 5.10. The van der Waals surface area contributed by atoms with E-state index in [0.717, 1.165) is 12.1 Å². The lowest BCUT2D eigenvalue weighted by Crippen LogP contribution is -2.23. The highest BCUT2D eigenvalue weighted by Gasteiger charge is 2.24. The number of benzene rings is 8. The number of nitrogens with zero attached hydrogens (tertiary/aromatic N) is 2. The molecule has 2 nitrogen and oxygen atoms in total. The van der Waals surface area contributed by atoms with E-state index in [2.05, 4.69) is 223 Å². The second-order valence-corrected chi connectivity index (χ2v) is 16.4. The first-order chi connectivity index (χ1) is 28.7. The van der Waals surface area contributed by atoms with Crippen molar-refractivity contribution < 1.29 is 0 Å². The Morgan fingerprint density at radius 1 is 0.483 bits per heavy atom. The Hall–Kier alpha value is -6.94. The van der Waals surface area contributed by atoms with E-state index >= 15 is 0 Å². The maximum Gasteiger partial charge on any atom is 0.0541 e. The van der Waals surface area contributed by atoms with Gasteiger partial charge in [0.15, 0.2) is 0 Å². The number of rotatable bonds is 7. The summed E-state index contributed by atoms with van der Waals surface area (Å²) in [4.78, 5) is 2.41. The van der Waals surface area contributed by atoms with Crippen molar-refractivity contribution in [3.8, 4) is 27.9 Å². The molecule has 3 heteroatoms. The number of aromatic nitrogens is 1. The minimum absolute atomic E-state index is 0.336. The molecule has 1 aliphatic carbocycles. The summed E-state index contributed by atoms with van der Waals surface area (Å²) in [7, 11) is 0. The minimum atomic E-state index is 0.336. The van der Waals surface area contributed by atoms with Crippen LogP contribution in [0.2, 0.25) is 0 Å². The second kappa shape index (κ2) is 14.2. The third kappa shape index (κ3) is 5.86. The van der Waals surface area contributed by atoms with E-state index in [1.165, 1.54) is 92.4 Å². The zero-order valence-electron chi connectivity index (χ0n) is 32.2. The van der Waals surface area contributed by atoms with Crippen molar-refractivity contribution >= 4 is 70.3 Å². The maximum absolute atomic E-state index is 2.42. The number of thiophene rings is 1. The van der Waals surface area contributed by atoms with E-state index in [4.69, 9.17) is 0 Å². The lowest BCUT2D eigenvalue weighted by atomic mass is 9.87. The first-order valence-corrected chi connectivity index (χ1v) is 21.0. The topological polar surface area (TPSA) is 8.17 Å². The Morgan fingerprint density at radius 3 is 1.79 bits per heavy atom. The van der Waals surface area contributed by atoms with E-state index < -0.39 is 0 Å². The molecule has 1 aliphatic rings. The van der Waals surface area contributed by atoms with Crippen molar-refractivity contribution in [2.75, 3.05) is 4.90 Å². The van der Waals surface area contributed by atoms with Crippen molar-refractivity contribution in [1.29, 1.82) is 0 Å². The van der Waals surface area contributed by atoms with Gasteiger partial charge in [-0.2, -0.15) is 0 Å². The molecule has 10 aromatic rings. The summed E-state index contributed by atoms with van der Waals surface area (Å²) >= 11 is 1.88.